The molecule has 0 bridgehead atoms. The Morgan fingerprint density at radius 3 is 2.78 bits per heavy atom. The van der Waals surface area contributed by atoms with Crippen LogP contribution in [0.2, 0.25) is 0 Å². The second kappa shape index (κ2) is 5.45. The van der Waals surface area contributed by atoms with E-state index in [4.69, 9.17) is 5.73 Å². The predicted octanol–water partition coefficient (Wildman–Crippen LogP) is -2.11. The van der Waals surface area contributed by atoms with Crippen LogP contribution < -0.4 is 11.1 Å². The molecule has 0 aromatic rings. The van der Waals surface area contributed by atoms with Crippen molar-refractivity contribution in [2.24, 2.45) is 5.73 Å². The number of rotatable bonds is 3. The van der Waals surface area contributed by atoms with E-state index in [2.05, 4.69) is 5.32 Å². The van der Waals surface area contributed by atoms with Gasteiger partial charge in [0.05, 0.1) is 6.54 Å². The molecule has 7 nitrogen and oxygen atoms in total. The first-order chi connectivity index (χ1) is 8.59. The highest BCUT2D eigenvalue weighted by atomic mass is 16.2. The molecule has 2 aliphatic heterocycles. The van der Waals surface area contributed by atoms with Crippen molar-refractivity contribution in [1.29, 1.82) is 0 Å². The Hall–Kier alpha value is -1.47. The Kier molecular flexibility index (Phi) is 3.93. The molecule has 3 amide bonds. The average molecular weight is 254 g/mol. The number of imide groups is 1. The van der Waals surface area contributed by atoms with Gasteiger partial charge in [0, 0.05) is 32.6 Å². The molecule has 0 saturated carbocycles. The van der Waals surface area contributed by atoms with Gasteiger partial charge in [0.2, 0.25) is 17.7 Å². The molecule has 7 heteroatoms. The molecule has 2 aliphatic rings. The zero-order valence-electron chi connectivity index (χ0n) is 10.2. The molecular formula is C11H18N4O3. The summed E-state index contributed by atoms with van der Waals surface area (Å²) in [4.78, 5) is 37.7. The van der Waals surface area contributed by atoms with Gasteiger partial charge in [-0.05, 0) is 6.42 Å². The number of nitrogens with zero attached hydrogens (tertiary/aromatic N) is 2. The quantitative estimate of drug-likeness (QED) is 0.601. The molecule has 2 heterocycles. The minimum Gasteiger partial charge on any atom is -0.368 e. The Bertz CT molecular complexity index is 371. The zero-order chi connectivity index (χ0) is 13.1. The van der Waals surface area contributed by atoms with Crippen LogP contribution in [0.5, 0.6) is 0 Å². The standard InChI is InChI=1S/C11H18N4O3/c12-11(18)8-6-13-3-5-14(8)7-10(17)15-4-1-2-9(15)16/h8,13H,1-7H2,(H2,12,18). The molecule has 0 aromatic heterocycles. The fraction of sp³-hybridized carbons (Fsp3) is 0.727. The summed E-state index contributed by atoms with van der Waals surface area (Å²) in [5.74, 6) is -0.792. The molecule has 2 rings (SSSR count). The van der Waals surface area contributed by atoms with Crippen molar-refractivity contribution in [2.45, 2.75) is 18.9 Å². The fourth-order valence-corrected chi connectivity index (χ4v) is 2.39. The van der Waals surface area contributed by atoms with Crippen molar-refractivity contribution in [3.63, 3.8) is 0 Å². The molecule has 3 N–H and O–H groups in total. The van der Waals surface area contributed by atoms with Crippen LogP contribution in [0.3, 0.4) is 0 Å². The number of piperazine rings is 1. The molecule has 2 saturated heterocycles. The van der Waals surface area contributed by atoms with Gasteiger partial charge in [-0.3, -0.25) is 24.2 Å². The first-order valence-electron chi connectivity index (χ1n) is 6.17. The van der Waals surface area contributed by atoms with Crippen molar-refractivity contribution in [3.05, 3.63) is 0 Å². The number of hydrogen-bond acceptors (Lipinski definition) is 5. The Labute approximate surface area is 105 Å². The van der Waals surface area contributed by atoms with Gasteiger partial charge in [-0.2, -0.15) is 0 Å². The summed E-state index contributed by atoms with van der Waals surface area (Å²) < 4.78 is 0. The van der Waals surface area contributed by atoms with Gasteiger partial charge >= 0.3 is 0 Å². The fourth-order valence-electron chi connectivity index (χ4n) is 2.39. The van der Waals surface area contributed by atoms with Crippen LogP contribution in [0.25, 0.3) is 0 Å². The van der Waals surface area contributed by atoms with E-state index in [1.54, 1.807) is 4.90 Å². The molecule has 0 aliphatic carbocycles. The van der Waals surface area contributed by atoms with Gasteiger partial charge in [-0.1, -0.05) is 0 Å². The van der Waals surface area contributed by atoms with Crippen molar-refractivity contribution < 1.29 is 14.4 Å². The van der Waals surface area contributed by atoms with E-state index >= 15 is 0 Å². The van der Waals surface area contributed by atoms with E-state index in [0.717, 1.165) is 6.42 Å². The number of likely N-dealkylation sites (tertiary alicyclic amines) is 1. The van der Waals surface area contributed by atoms with E-state index in [9.17, 15) is 14.4 Å². The lowest BCUT2D eigenvalue weighted by molar-refractivity contribution is -0.143. The molecule has 0 aromatic carbocycles. The highest BCUT2D eigenvalue weighted by molar-refractivity contribution is 5.97. The first kappa shape index (κ1) is 13.0. The maximum Gasteiger partial charge on any atom is 0.243 e. The largest absolute Gasteiger partial charge is 0.368 e. The van der Waals surface area contributed by atoms with Crippen LogP contribution in [0.4, 0.5) is 0 Å². The number of nitrogens with two attached hydrogens (primary N) is 1. The third-order valence-corrected chi connectivity index (χ3v) is 3.40. The summed E-state index contributed by atoms with van der Waals surface area (Å²) >= 11 is 0. The van der Waals surface area contributed by atoms with Gasteiger partial charge in [-0.15, -0.1) is 0 Å². The highest BCUT2D eigenvalue weighted by Gasteiger charge is 2.32. The lowest BCUT2D eigenvalue weighted by Crippen LogP contribution is -2.59. The van der Waals surface area contributed by atoms with Crippen LogP contribution in [-0.4, -0.2) is 66.3 Å². The van der Waals surface area contributed by atoms with Gasteiger partial charge in [0.1, 0.15) is 6.04 Å². The maximum absolute atomic E-state index is 12.0. The SMILES string of the molecule is NC(=O)C1CNCCN1CC(=O)N1CCCC1=O. The summed E-state index contributed by atoms with van der Waals surface area (Å²) in [6.45, 7) is 2.33. The Morgan fingerprint density at radius 1 is 1.39 bits per heavy atom. The molecule has 2 fully saturated rings. The van der Waals surface area contributed by atoms with Crippen molar-refractivity contribution >= 4 is 17.7 Å². The highest BCUT2D eigenvalue weighted by Crippen LogP contribution is 2.11. The minimum absolute atomic E-state index is 0.0844. The number of hydrogen-bond donors (Lipinski definition) is 2. The minimum atomic E-state index is -0.472. The van der Waals surface area contributed by atoms with E-state index in [-0.39, 0.29) is 18.4 Å². The average Bonchev–Trinajstić information content (AvgIpc) is 2.76. The van der Waals surface area contributed by atoms with Crippen LogP contribution in [0.15, 0.2) is 0 Å². The van der Waals surface area contributed by atoms with Crippen LogP contribution in [0.1, 0.15) is 12.8 Å². The van der Waals surface area contributed by atoms with Crippen LogP contribution in [0, 0.1) is 0 Å². The number of carbonyl (C=O) groups is 3. The van der Waals surface area contributed by atoms with Crippen LogP contribution >= 0.6 is 0 Å². The van der Waals surface area contributed by atoms with Crippen LogP contribution in [-0.2, 0) is 14.4 Å². The Balaban J connectivity index is 1.96. The summed E-state index contributed by atoms with van der Waals surface area (Å²) in [7, 11) is 0. The lowest BCUT2D eigenvalue weighted by atomic mass is 10.2. The van der Waals surface area contributed by atoms with Gasteiger partial charge in [0.15, 0.2) is 0 Å². The normalized spacial score (nSPS) is 25.4. The summed E-state index contributed by atoms with van der Waals surface area (Å²) in [6, 6.07) is -0.472. The van der Waals surface area contributed by atoms with E-state index in [1.807, 2.05) is 0 Å². The molecule has 0 radical (unpaired) electrons. The molecular weight excluding hydrogens is 236 g/mol. The summed E-state index contributed by atoms with van der Waals surface area (Å²) in [5, 5.41) is 3.06. The molecule has 18 heavy (non-hydrogen) atoms. The zero-order valence-corrected chi connectivity index (χ0v) is 10.2. The Morgan fingerprint density at radius 2 is 2.17 bits per heavy atom. The monoisotopic (exact) mass is 254 g/mol. The third-order valence-electron chi connectivity index (χ3n) is 3.40. The van der Waals surface area contributed by atoms with Gasteiger partial charge in [0.25, 0.3) is 0 Å². The van der Waals surface area contributed by atoms with Crippen molar-refractivity contribution in [2.75, 3.05) is 32.7 Å². The molecule has 1 unspecified atom stereocenters. The number of nitrogens with one attached hydrogen (secondary N) is 1. The van der Waals surface area contributed by atoms with Crippen molar-refractivity contribution in [3.8, 4) is 0 Å². The third kappa shape index (κ3) is 2.68. The topological polar surface area (TPSA) is 95.7 Å². The second-order valence-corrected chi connectivity index (χ2v) is 4.64. The van der Waals surface area contributed by atoms with E-state index in [1.165, 1.54) is 4.90 Å². The number of primary amides is 1. The van der Waals surface area contributed by atoms with Gasteiger partial charge in [-0.25, -0.2) is 0 Å². The summed E-state index contributed by atoms with van der Waals surface area (Å²) in [5.41, 5.74) is 5.30. The first-order valence-corrected chi connectivity index (χ1v) is 6.17. The smallest absolute Gasteiger partial charge is 0.243 e. The number of carbonyl (C=O) groups excluding carboxylic acids is 3. The maximum atomic E-state index is 12.0. The van der Waals surface area contributed by atoms with Gasteiger partial charge < -0.3 is 11.1 Å². The van der Waals surface area contributed by atoms with E-state index in [0.29, 0.717) is 32.6 Å². The molecule has 100 valence electrons. The molecule has 1 atom stereocenters. The number of amides is 3. The predicted molar refractivity (Wildman–Crippen MR) is 63.4 cm³/mol. The van der Waals surface area contributed by atoms with Crippen molar-refractivity contribution in [1.82, 2.24) is 15.1 Å². The summed E-state index contributed by atoms with van der Waals surface area (Å²) in [6.07, 6.45) is 1.16. The van der Waals surface area contributed by atoms with E-state index < -0.39 is 11.9 Å². The second-order valence-electron chi connectivity index (χ2n) is 4.64. The molecule has 0 spiro atoms. The lowest BCUT2D eigenvalue weighted by Gasteiger charge is -2.34.